The molecule has 0 radical (unpaired) electrons. The van der Waals surface area contributed by atoms with E-state index in [4.69, 9.17) is 25.1 Å². The molecule has 0 spiro atoms. The van der Waals surface area contributed by atoms with Crippen molar-refractivity contribution in [1.82, 2.24) is 0 Å². The second-order valence-electron chi connectivity index (χ2n) is 3.37. The molecule has 5 N–H and O–H groups in total. The van der Waals surface area contributed by atoms with Crippen LogP contribution in [0.5, 0.6) is 0 Å². The average molecular weight is 290 g/mol. The summed E-state index contributed by atoms with van der Waals surface area (Å²) in [6.45, 7) is 0. The van der Waals surface area contributed by atoms with Crippen molar-refractivity contribution in [1.29, 1.82) is 0 Å². The molecular weight excluding hydrogens is 283 g/mol. The van der Waals surface area contributed by atoms with Gasteiger partial charge in [0.05, 0.1) is 22.0 Å². The van der Waals surface area contributed by atoms with Gasteiger partial charge in [-0.15, -0.1) is 0 Å². The molecule has 0 unspecified atom stereocenters. The minimum Gasteiger partial charge on any atom is -0.478 e. The standard InChI is InChI=1S/C9H7O9P/c10-7(11)3-1-5(9(14)15)6(19(16,17)18)2-4(3)8(12)13/h1-2H,(H,10,11)(H,12,13)(H,14,15)(H2,16,17,18). The van der Waals surface area contributed by atoms with E-state index in [1.807, 2.05) is 0 Å². The topological polar surface area (TPSA) is 169 Å². The smallest absolute Gasteiger partial charge is 0.357 e. The van der Waals surface area contributed by atoms with Crippen LogP contribution in [0.4, 0.5) is 0 Å². The molecule has 0 aliphatic rings. The lowest BCUT2D eigenvalue weighted by molar-refractivity contribution is 0.0649. The fourth-order valence-corrected chi connectivity index (χ4v) is 2.13. The van der Waals surface area contributed by atoms with Crippen LogP contribution in [0.2, 0.25) is 0 Å². The highest BCUT2D eigenvalue weighted by molar-refractivity contribution is 7.60. The summed E-state index contributed by atoms with van der Waals surface area (Å²) in [5.41, 5.74) is -2.74. The van der Waals surface area contributed by atoms with Crippen molar-refractivity contribution < 1.29 is 44.1 Å². The van der Waals surface area contributed by atoms with Crippen LogP contribution in [0.25, 0.3) is 0 Å². The summed E-state index contributed by atoms with van der Waals surface area (Å²) in [7, 11) is -5.06. The molecule has 0 aliphatic carbocycles. The number of benzene rings is 1. The molecule has 0 aliphatic heterocycles. The van der Waals surface area contributed by atoms with E-state index >= 15 is 0 Å². The predicted molar refractivity (Wildman–Crippen MR) is 59.0 cm³/mol. The fourth-order valence-electron chi connectivity index (χ4n) is 1.35. The third kappa shape index (κ3) is 2.97. The average Bonchev–Trinajstić information content (AvgIpc) is 2.25. The zero-order chi connectivity index (χ0) is 15.0. The molecule has 0 heterocycles. The molecule has 0 fully saturated rings. The second kappa shape index (κ2) is 4.81. The first-order valence-electron chi connectivity index (χ1n) is 4.49. The minimum atomic E-state index is -5.06. The monoisotopic (exact) mass is 290 g/mol. The lowest BCUT2D eigenvalue weighted by Crippen LogP contribution is -2.21. The van der Waals surface area contributed by atoms with Crippen molar-refractivity contribution in [2.45, 2.75) is 0 Å². The second-order valence-corrected chi connectivity index (χ2v) is 4.94. The highest BCUT2D eigenvalue weighted by atomic mass is 31.2. The van der Waals surface area contributed by atoms with Crippen molar-refractivity contribution >= 4 is 30.8 Å². The van der Waals surface area contributed by atoms with Gasteiger partial charge in [0.1, 0.15) is 0 Å². The number of hydrogen-bond acceptors (Lipinski definition) is 4. The third-order valence-corrected chi connectivity index (χ3v) is 3.14. The quantitative estimate of drug-likeness (QED) is 0.462. The van der Waals surface area contributed by atoms with Crippen LogP contribution in [0, 0.1) is 0 Å². The van der Waals surface area contributed by atoms with Crippen molar-refractivity contribution in [2.24, 2.45) is 0 Å². The predicted octanol–water partition coefficient (Wildman–Crippen LogP) is -0.416. The summed E-state index contributed by atoms with van der Waals surface area (Å²) in [6, 6.07) is 0.762. The maximum Gasteiger partial charge on any atom is 0.357 e. The summed E-state index contributed by atoms with van der Waals surface area (Å²) >= 11 is 0. The van der Waals surface area contributed by atoms with Crippen LogP contribution in [0.3, 0.4) is 0 Å². The molecule has 0 saturated carbocycles. The highest BCUT2D eigenvalue weighted by Crippen LogP contribution is 2.35. The van der Waals surface area contributed by atoms with Gasteiger partial charge >= 0.3 is 25.5 Å². The van der Waals surface area contributed by atoms with Crippen molar-refractivity contribution in [3.8, 4) is 0 Å². The van der Waals surface area contributed by atoms with Crippen LogP contribution in [0.1, 0.15) is 31.1 Å². The van der Waals surface area contributed by atoms with Crippen molar-refractivity contribution in [3.05, 3.63) is 28.8 Å². The van der Waals surface area contributed by atoms with Crippen LogP contribution < -0.4 is 5.30 Å². The van der Waals surface area contributed by atoms with Gasteiger partial charge in [-0.1, -0.05) is 0 Å². The summed E-state index contributed by atoms with van der Waals surface area (Å²) in [6.07, 6.45) is 0. The molecule has 0 aromatic heterocycles. The Labute approximate surface area is 104 Å². The minimum absolute atomic E-state index is 0.357. The molecule has 0 atom stereocenters. The van der Waals surface area contributed by atoms with E-state index in [0.29, 0.717) is 12.1 Å². The third-order valence-electron chi connectivity index (χ3n) is 2.14. The van der Waals surface area contributed by atoms with Gasteiger partial charge in [-0.3, -0.25) is 4.57 Å². The molecule has 9 nitrogen and oxygen atoms in total. The lowest BCUT2D eigenvalue weighted by atomic mass is 10.0. The van der Waals surface area contributed by atoms with Crippen LogP contribution in [-0.2, 0) is 4.57 Å². The van der Waals surface area contributed by atoms with Crippen molar-refractivity contribution in [3.63, 3.8) is 0 Å². The van der Waals surface area contributed by atoms with Crippen LogP contribution >= 0.6 is 7.60 Å². The SMILES string of the molecule is O=C(O)c1cc(C(=O)O)c(P(=O)(O)O)cc1C(=O)O. The van der Waals surface area contributed by atoms with E-state index in [-0.39, 0.29) is 0 Å². The number of carboxylic acids is 3. The summed E-state index contributed by atoms with van der Waals surface area (Å²) in [4.78, 5) is 50.4. The molecule has 0 saturated heterocycles. The number of carboxylic acid groups (broad SMARTS) is 3. The van der Waals surface area contributed by atoms with Gasteiger partial charge in [0.2, 0.25) is 0 Å². The molecule has 0 amide bonds. The van der Waals surface area contributed by atoms with Gasteiger partial charge in [-0.25, -0.2) is 14.4 Å². The Hall–Kier alpha value is -2.22. The molecular formula is C9H7O9P. The van der Waals surface area contributed by atoms with Gasteiger partial charge in [-0.2, -0.15) is 0 Å². The Morgan fingerprint density at radius 2 is 1.16 bits per heavy atom. The normalized spacial score (nSPS) is 11.1. The fraction of sp³-hybridized carbons (Fsp3) is 0. The first-order chi connectivity index (χ1) is 8.55. The lowest BCUT2D eigenvalue weighted by Gasteiger charge is -2.11. The van der Waals surface area contributed by atoms with E-state index < -0.39 is 47.5 Å². The number of carbonyl (C=O) groups is 3. The Kier molecular flexibility index (Phi) is 3.75. The van der Waals surface area contributed by atoms with E-state index in [9.17, 15) is 18.9 Å². The van der Waals surface area contributed by atoms with E-state index in [2.05, 4.69) is 0 Å². The van der Waals surface area contributed by atoms with Gasteiger partial charge < -0.3 is 25.1 Å². The molecule has 1 aromatic rings. The molecule has 0 bridgehead atoms. The first kappa shape index (κ1) is 14.8. The van der Waals surface area contributed by atoms with Crippen LogP contribution in [0.15, 0.2) is 12.1 Å². The molecule has 1 rings (SSSR count). The molecule has 102 valence electrons. The van der Waals surface area contributed by atoms with Gasteiger partial charge in [0.25, 0.3) is 0 Å². The largest absolute Gasteiger partial charge is 0.478 e. The highest BCUT2D eigenvalue weighted by Gasteiger charge is 2.30. The van der Waals surface area contributed by atoms with Gasteiger partial charge in [0.15, 0.2) is 0 Å². The Morgan fingerprint density at radius 1 is 0.789 bits per heavy atom. The van der Waals surface area contributed by atoms with E-state index in [0.717, 1.165) is 0 Å². The Balaban J connectivity index is 3.80. The zero-order valence-electron chi connectivity index (χ0n) is 8.97. The van der Waals surface area contributed by atoms with Crippen molar-refractivity contribution in [2.75, 3.05) is 0 Å². The van der Waals surface area contributed by atoms with Gasteiger partial charge in [0, 0.05) is 0 Å². The number of rotatable bonds is 4. The van der Waals surface area contributed by atoms with Gasteiger partial charge in [-0.05, 0) is 12.1 Å². The van der Waals surface area contributed by atoms with Crippen LogP contribution in [-0.4, -0.2) is 43.0 Å². The number of aromatic carboxylic acids is 3. The summed E-state index contributed by atoms with van der Waals surface area (Å²) in [5.74, 6) is -5.25. The van der Waals surface area contributed by atoms with E-state index in [1.165, 1.54) is 0 Å². The Morgan fingerprint density at radius 3 is 1.47 bits per heavy atom. The zero-order valence-corrected chi connectivity index (χ0v) is 9.87. The maximum absolute atomic E-state index is 11.1. The molecule has 10 heteroatoms. The number of hydrogen-bond donors (Lipinski definition) is 5. The summed E-state index contributed by atoms with van der Waals surface area (Å²) in [5, 5.41) is 25.3. The Bertz CT molecular complexity index is 627. The van der Waals surface area contributed by atoms with E-state index in [1.54, 1.807) is 0 Å². The molecule has 19 heavy (non-hydrogen) atoms. The molecule has 1 aromatic carbocycles. The first-order valence-corrected chi connectivity index (χ1v) is 6.11. The summed E-state index contributed by atoms with van der Waals surface area (Å²) < 4.78 is 11.1. The maximum atomic E-state index is 11.1.